The highest BCUT2D eigenvalue weighted by Crippen LogP contribution is 2.38. The lowest BCUT2D eigenvalue weighted by Crippen LogP contribution is -2.61. The van der Waals surface area contributed by atoms with Crippen LogP contribution in [0.15, 0.2) is 18.2 Å². The van der Waals surface area contributed by atoms with Crippen molar-refractivity contribution in [3.8, 4) is 0 Å². The van der Waals surface area contributed by atoms with E-state index in [2.05, 4.69) is 5.32 Å². The van der Waals surface area contributed by atoms with E-state index in [1.807, 2.05) is 24.0 Å². The predicted octanol–water partition coefficient (Wildman–Crippen LogP) is 0.546. The topological polar surface area (TPSA) is 119 Å². The van der Waals surface area contributed by atoms with Gasteiger partial charge in [-0.05, 0) is 56.1 Å². The molecule has 31 heavy (non-hydrogen) atoms. The first-order valence-electron chi connectivity index (χ1n) is 10.5. The molecule has 3 aliphatic rings. The molecule has 2 aliphatic heterocycles. The van der Waals surface area contributed by atoms with Crippen LogP contribution in [0.2, 0.25) is 5.02 Å². The first kappa shape index (κ1) is 22.3. The molecule has 2 saturated heterocycles. The van der Waals surface area contributed by atoms with Gasteiger partial charge in [-0.15, -0.1) is 0 Å². The molecule has 3 fully saturated rings. The summed E-state index contributed by atoms with van der Waals surface area (Å²) in [6.07, 6.45) is -0.923. The molecule has 2 heterocycles. The smallest absolute Gasteiger partial charge is 0.227 e. The molecule has 0 radical (unpaired) electrons. The molecule has 1 saturated carbocycles. The number of hydrogen-bond donors (Lipinski definition) is 4. The van der Waals surface area contributed by atoms with Crippen molar-refractivity contribution in [3.05, 3.63) is 28.8 Å². The van der Waals surface area contributed by atoms with Gasteiger partial charge in [0.25, 0.3) is 0 Å². The summed E-state index contributed by atoms with van der Waals surface area (Å²) in [5.41, 5.74) is 7.06. The quantitative estimate of drug-likeness (QED) is 0.480. The van der Waals surface area contributed by atoms with Gasteiger partial charge in [-0.25, -0.2) is 0 Å². The third-order valence-electron chi connectivity index (χ3n) is 6.80. The molecule has 0 bridgehead atoms. The van der Waals surface area contributed by atoms with E-state index in [0.29, 0.717) is 36.1 Å². The number of halogens is 1. The summed E-state index contributed by atoms with van der Waals surface area (Å²) >= 11 is 11.9. The summed E-state index contributed by atoms with van der Waals surface area (Å²) in [5, 5.41) is 25.2. The van der Waals surface area contributed by atoms with Gasteiger partial charge in [0.2, 0.25) is 11.8 Å². The normalized spacial score (nSPS) is 31.4. The maximum Gasteiger partial charge on any atom is 0.227 e. The zero-order valence-corrected chi connectivity index (χ0v) is 18.8. The molecule has 5 atom stereocenters. The molecule has 1 aromatic carbocycles. The Labute approximate surface area is 191 Å². The first-order valence-corrected chi connectivity index (χ1v) is 11.3. The lowest BCUT2D eigenvalue weighted by molar-refractivity contribution is -0.144. The Bertz CT molecular complexity index is 907. The van der Waals surface area contributed by atoms with Crippen molar-refractivity contribution in [2.75, 3.05) is 18.0 Å². The van der Waals surface area contributed by atoms with Crippen LogP contribution in [0.25, 0.3) is 0 Å². The molecule has 1 aromatic rings. The number of fused-ring (bicyclic) bond motifs is 1. The number of benzene rings is 1. The van der Waals surface area contributed by atoms with Crippen LogP contribution in [0.3, 0.4) is 0 Å². The Kier molecular flexibility index (Phi) is 6.13. The average molecular weight is 467 g/mol. The number of piperidine rings is 1. The van der Waals surface area contributed by atoms with Gasteiger partial charge >= 0.3 is 0 Å². The van der Waals surface area contributed by atoms with Gasteiger partial charge < -0.3 is 31.1 Å². The number of aliphatic hydroxyl groups is 2. The minimum absolute atomic E-state index is 0.112. The van der Waals surface area contributed by atoms with Gasteiger partial charge in [-0.2, -0.15) is 0 Å². The van der Waals surface area contributed by atoms with Crippen LogP contribution in [0.5, 0.6) is 0 Å². The Morgan fingerprint density at radius 3 is 2.55 bits per heavy atom. The van der Waals surface area contributed by atoms with Crippen molar-refractivity contribution in [3.63, 3.8) is 0 Å². The van der Waals surface area contributed by atoms with Crippen LogP contribution in [0.1, 0.15) is 24.8 Å². The van der Waals surface area contributed by atoms with Gasteiger partial charge in [0.05, 0.1) is 24.1 Å². The number of aliphatic hydroxyl groups excluding tert-OH is 2. The molecule has 10 heteroatoms. The predicted molar refractivity (Wildman–Crippen MR) is 121 cm³/mol. The number of thiocarbonyl (C=S) groups is 1. The second-order valence-electron chi connectivity index (χ2n) is 8.67. The van der Waals surface area contributed by atoms with E-state index in [0.717, 1.165) is 11.3 Å². The van der Waals surface area contributed by atoms with Gasteiger partial charge in [0.15, 0.2) is 5.11 Å². The number of likely N-dealkylation sites (tertiary alicyclic amines) is 1. The number of nitrogens with one attached hydrogen (secondary N) is 1. The molecular weight excluding hydrogens is 440 g/mol. The molecule has 0 unspecified atom stereocenters. The van der Waals surface area contributed by atoms with Crippen molar-refractivity contribution in [2.24, 2.45) is 17.6 Å². The van der Waals surface area contributed by atoms with Gasteiger partial charge in [-0.3, -0.25) is 9.59 Å². The standard InChI is InChI=1S/C21H27ClN4O4S/c1-10-2-3-12(8-14(10)22)26-17-13(9-15(27)18(28)16(17)24-21(26)31)20(30)25-6-4-11(5-7-25)19(23)29/h2-3,8,11,13,15-18,27-28H,4-7,9H2,1H3,(H2,23,29)(H,24,31)/t13-,15-,16-,17+,18+/m1/s1. The number of primary amides is 1. The van der Waals surface area contributed by atoms with Crippen LogP contribution in [-0.2, 0) is 9.59 Å². The summed E-state index contributed by atoms with van der Waals surface area (Å²) in [5.74, 6) is -1.25. The lowest BCUT2D eigenvalue weighted by Gasteiger charge is -2.44. The van der Waals surface area contributed by atoms with E-state index in [1.54, 1.807) is 11.0 Å². The van der Waals surface area contributed by atoms with Crippen LogP contribution < -0.4 is 16.0 Å². The number of nitrogens with two attached hydrogens (primary N) is 1. The summed E-state index contributed by atoms with van der Waals surface area (Å²) in [6, 6.07) is 4.51. The third-order valence-corrected chi connectivity index (χ3v) is 7.53. The third kappa shape index (κ3) is 4.00. The Hall–Kier alpha value is -1.94. The largest absolute Gasteiger partial charge is 0.390 e. The SMILES string of the molecule is Cc1ccc(N2C(=S)N[C@H]3[C@@H](O)[C@H](O)C[C@@H](C(=O)N4CCC(C(N)=O)CC4)[C@@H]32)cc1Cl. The molecule has 8 nitrogen and oxygen atoms in total. The van der Waals surface area contributed by atoms with E-state index in [-0.39, 0.29) is 24.2 Å². The molecule has 4 rings (SSSR count). The monoisotopic (exact) mass is 466 g/mol. The van der Waals surface area contributed by atoms with Crippen LogP contribution in [-0.4, -0.2) is 69.4 Å². The van der Waals surface area contributed by atoms with Gasteiger partial charge in [0, 0.05) is 29.7 Å². The van der Waals surface area contributed by atoms with Crippen LogP contribution in [0, 0.1) is 18.8 Å². The van der Waals surface area contributed by atoms with Crippen LogP contribution in [0.4, 0.5) is 5.69 Å². The number of carbonyl (C=O) groups is 2. The van der Waals surface area contributed by atoms with E-state index < -0.39 is 30.2 Å². The number of amides is 2. The number of carbonyl (C=O) groups excluding carboxylic acids is 2. The summed E-state index contributed by atoms with van der Waals surface area (Å²) in [6.45, 7) is 2.78. The summed E-state index contributed by atoms with van der Waals surface area (Å²) in [4.78, 5) is 28.6. The number of aryl methyl sites for hydroxylation is 1. The zero-order valence-electron chi connectivity index (χ0n) is 17.2. The van der Waals surface area contributed by atoms with E-state index in [1.165, 1.54) is 0 Å². The maximum absolute atomic E-state index is 13.5. The highest BCUT2D eigenvalue weighted by Gasteiger charge is 2.54. The minimum Gasteiger partial charge on any atom is -0.390 e. The van der Waals surface area contributed by atoms with Crippen molar-refractivity contribution in [1.29, 1.82) is 0 Å². The lowest BCUT2D eigenvalue weighted by atomic mass is 9.76. The minimum atomic E-state index is -1.06. The molecule has 5 N–H and O–H groups in total. The van der Waals surface area contributed by atoms with Crippen molar-refractivity contribution < 1.29 is 19.8 Å². The second kappa shape index (κ2) is 8.54. The molecule has 0 aromatic heterocycles. The highest BCUT2D eigenvalue weighted by molar-refractivity contribution is 7.80. The number of nitrogens with zero attached hydrogens (tertiary/aromatic N) is 2. The fourth-order valence-electron chi connectivity index (χ4n) is 4.98. The summed E-state index contributed by atoms with van der Waals surface area (Å²) < 4.78 is 0. The Balaban J connectivity index is 1.63. The van der Waals surface area contributed by atoms with Gasteiger partial charge in [-0.1, -0.05) is 17.7 Å². The second-order valence-corrected chi connectivity index (χ2v) is 9.47. The van der Waals surface area contributed by atoms with E-state index in [9.17, 15) is 19.8 Å². The fourth-order valence-corrected chi connectivity index (χ4v) is 5.51. The van der Waals surface area contributed by atoms with E-state index >= 15 is 0 Å². The molecule has 168 valence electrons. The number of hydrogen-bond acceptors (Lipinski definition) is 5. The molecule has 2 amide bonds. The molecule has 1 aliphatic carbocycles. The molecule has 0 spiro atoms. The maximum atomic E-state index is 13.5. The van der Waals surface area contributed by atoms with Crippen molar-refractivity contribution in [1.82, 2.24) is 10.2 Å². The highest BCUT2D eigenvalue weighted by atomic mass is 35.5. The Morgan fingerprint density at radius 2 is 1.94 bits per heavy atom. The first-order chi connectivity index (χ1) is 14.7. The van der Waals surface area contributed by atoms with Crippen LogP contribution >= 0.6 is 23.8 Å². The fraction of sp³-hybridized carbons (Fsp3) is 0.571. The van der Waals surface area contributed by atoms with Crippen molar-refractivity contribution in [2.45, 2.75) is 50.5 Å². The van der Waals surface area contributed by atoms with Crippen molar-refractivity contribution >= 4 is 46.4 Å². The Morgan fingerprint density at radius 1 is 1.26 bits per heavy atom. The molecular formula is C21H27ClN4O4S. The number of rotatable bonds is 3. The zero-order chi connectivity index (χ0) is 22.4. The summed E-state index contributed by atoms with van der Waals surface area (Å²) in [7, 11) is 0. The number of anilines is 1. The average Bonchev–Trinajstić information content (AvgIpc) is 3.09. The van der Waals surface area contributed by atoms with Gasteiger partial charge in [0.1, 0.15) is 6.10 Å². The van der Waals surface area contributed by atoms with E-state index in [4.69, 9.17) is 29.6 Å².